The van der Waals surface area contributed by atoms with Crippen LogP contribution in [-0.4, -0.2) is 20.5 Å². The molecule has 0 saturated heterocycles. The molecule has 0 spiro atoms. The third-order valence-electron chi connectivity index (χ3n) is 5.88. The number of nitrogens with one attached hydrogen (secondary N) is 1. The maximum absolute atomic E-state index is 13.3. The molecular weight excluding hydrogens is 470 g/mol. The summed E-state index contributed by atoms with van der Waals surface area (Å²) in [5.74, 6) is -0.179. The summed E-state index contributed by atoms with van der Waals surface area (Å²) in [6, 6.07) is 32.5. The summed E-state index contributed by atoms with van der Waals surface area (Å²) in [5.41, 5.74) is 4.48. The average Bonchev–Trinajstić information content (AvgIpc) is 3.46. The molecule has 0 unspecified atom stereocenters. The highest BCUT2D eigenvalue weighted by Crippen LogP contribution is 2.32. The molecule has 174 valence electrons. The van der Waals surface area contributed by atoms with Gasteiger partial charge in [-0.15, -0.1) is 11.3 Å². The van der Waals surface area contributed by atoms with Gasteiger partial charge in [0.05, 0.1) is 4.88 Å². The van der Waals surface area contributed by atoms with Gasteiger partial charge in [0, 0.05) is 30.4 Å². The van der Waals surface area contributed by atoms with Gasteiger partial charge in [-0.1, -0.05) is 78.9 Å². The first-order valence-electron chi connectivity index (χ1n) is 11.4. The lowest BCUT2D eigenvalue weighted by molar-refractivity contribution is 0.0976. The Kier molecular flexibility index (Phi) is 6.75. The first kappa shape index (κ1) is 23.0. The summed E-state index contributed by atoms with van der Waals surface area (Å²) in [4.78, 5) is 17.0. The van der Waals surface area contributed by atoms with Crippen molar-refractivity contribution in [2.75, 3.05) is 0 Å². The van der Waals surface area contributed by atoms with Crippen LogP contribution in [-0.2, 0) is 13.1 Å². The van der Waals surface area contributed by atoms with Crippen molar-refractivity contribution in [3.05, 3.63) is 125 Å². The zero-order chi connectivity index (χ0) is 24.2. The number of carbonyl (C=O) groups is 1. The van der Waals surface area contributed by atoms with Gasteiger partial charge in [0.25, 0.3) is 5.91 Å². The predicted octanol–water partition coefficient (Wildman–Crippen LogP) is 6.72. The number of fused-ring (bicyclic) bond motifs is 1. The third-order valence-corrected chi connectivity index (χ3v) is 7.37. The molecule has 0 aliphatic carbocycles. The molecule has 3 aromatic carbocycles. The van der Waals surface area contributed by atoms with Crippen molar-refractivity contribution in [3.8, 4) is 5.69 Å². The second kappa shape index (κ2) is 10.3. The number of aromatic nitrogens is 1. The Balaban J connectivity index is 1.38. The Hall–Kier alpha value is -3.74. The zero-order valence-corrected chi connectivity index (χ0v) is 21.0. The van der Waals surface area contributed by atoms with Crippen LogP contribution in [0.4, 0.5) is 0 Å². The van der Waals surface area contributed by atoms with E-state index in [2.05, 4.69) is 59.4 Å². The van der Waals surface area contributed by atoms with Gasteiger partial charge < -0.3 is 9.47 Å². The highest BCUT2D eigenvalue weighted by molar-refractivity contribution is 7.80. The van der Waals surface area contributed by atoms with Crippen LogP contribution in [0.25, 0.3) is 15.9 Å². The quantitative estimate of drug-likeness (QED) is 0.266. The predicted molar refractivity (Wildman–Crippen MR) is 148 cm³/mol. The number of amides is 1. The number of hydrogen-bond acceptors (Lipinski definition) is 3. The molecule has 5 aromatic rings. The van der Waals surface area contributed by atoms with E-state index in [1.165, 1.54) is 11.3 Å². The van der Waals surface area contributed by atoms with Gasteiger partial charge in [-0.05, 0) is 54.0 Å². The number of nitrogens with zero attached hydrogens (tertiary/aromatic N) is 2. The van der Waals surface area contributed by atoms with Crippen LogP contribution in [0.15, 0.2) is 103 Å². The van der Waals surface area contributed by atoms with E-state index >= 15 is 0 Å². The molecule has 0 radical (unpaired) electrons. The molecule has 0 bridgehead atoms. The van der Waals surface area contributed by atoms with Crippen molar-refractivity contribution in [1.82, 2.24) is 14.8 Å². The fourth-order valence-corrected chi connectivity index (χ4v) is 5.44. The fraction of sp³-hybridized carbons (Fsp3) is 0.103. The van der Waals surface area contributed by atoms with Gasteiger partial charge in [0.2, 0.25) is 0 Å². The molecule has 1 N–H and O–H groups in total. The Morgan fingerprint density at radius 3 is 2.00 bits per heavy atom. The van der Waals surface area contributed by atoms with Gasteiger partial charge in [0.15, 0.2) is 5.11 Å². The number of benzene rings is 3. The van der Waals surface area contributed by atoms with Crippen LogP contribution in [0.5, 0.6) is 0 Å². The van der Waals surface area contributed by atoms with Crippen molar-refractivity contribution in [3.63, 3.8) is 0 Å². The van der Waals surface area contributed by atoms with Crippen LogP contribution < -0.4 is 5.32 Å². The van der Waals surface area contributed by atoms with E-state index in [0.29, 0.717) is 23.1 Å². The molecule has 2 aromatic heterocycles. The highest BCUT2D eigenvalue weighted by atomic mass is 32.1. The lowest BCUT2D eigenvalue weighted by Gasteiger charge is -2.25. The number of thiocarbonyl (C=S) groups is 1. The van der Waals surface area contributed by atoms with Crippen LogP contribution >= 0.6 is 23.6 Å². The molecule has 0 saturated carbocycles. The summed E-state index contributed by atoms with van der Waals surface area (Å²) in [6.45, 7) is 3.29. The lowest BCUT2D eigenvalue weighted by atomic mass is 10.2. The molecule has 0 atom stereocenters. The topological polar surface area (TPSA) is 37.3 Å². The second-order valence-electron chi connectivity index (χ2n) is 8.43. The van der Waals surface area contributed by atoms with Crippen molar-refractivity contribution in [2.24, 2.45) is 0 Å². The van der Waals surface area contributed by atoms with Gasteiger partial charge in [-0.2, -0.15) is 0 Å². The van der Waals surface area contributed by atoms with Crippen molar-refractivity contribution >= 4 is 44.8 Å². The van der Waals surface area contributed by atoms with Crippen LogP contribution in [0, 0.1) is 6.92 Å². The molecule has 0 aliphatic heterocycles. The molecule has 5 rings (SSSR count). The smallest absolute Gasteiger partial charge is 0.267 e. The van der Waals surface area contributed by atoms with E-state index in [9.17, 15) is 4.79 Å². The maximum Gasteiger partial charge on any atom is 0.267 e. The van der Waals surface area contributed by atoms with Crippen molar-refractivity contribution in [1.29, 1.82) is 0 Å². The van der Waals surface area contributed by atoms with E-state index in [-0.39, 0.29) is 5.91 Å². The first-order valence-corrected chi connectivity index (χ1v) is 12.7. The van der Waals surface area contributed by atoms with E-state index in [4.69, 9.17) is 12.2 Å². The summed E-state index contributed by atoms with van der Waals surface area (Å²) in [6.07, 6.45) is 2.12. The monoisotopic (exact) mass is 495 g/mol. The number of carbonyl (C=O) groups excluding carboxylic acids is 1. The molecule has 35 heavy (non-hydrogen) atoms. The van der Waals surface area contributed by atoms with Gasteiger partial charge in [-0.25, -0.2) is 0 Å². The highest BCUT2D eigenvalue weighted by Gasteiger charge is 2.19. The Morgan fingerprint density at radius 1 is 0.886 bits per heavy atom. The molecular formula is C29H25N3OS2. The minimum atomic E-state index is -0.179. The van der Waals surface area contributed by atoms with E-state index in [1.807, 2.05) is 65.6 Å². The molecule has 0 aliphatic rings. The molecule has 1 amide bonds. The Labute approximate surface area is 214 Å². The minimum absolute atomic E-state index is 0.179. The number of thiophene rings is 1. The van der Waals surface area contributed by atoms with Gasteiger partial charge in [0.1, 0.15) is 4.83 Å². The van der Waals surface area contributed by atoms with Crippen molar-refractivity contribution < 1.29 is 4.79 Å². The number of hydrogen-bond donors (Lipinski definition) is 1. The van der Waals surface area contributed by atoms with Crippen LogP contribution in [0.1, 0.15) is 26.4 Å². The van der Waals surface area contributed by atoms with Crippen LogP contribution in [0.2, 0.25) is 0 Å². The third kappa shape index (κ3) is 5.19. The minimum Gasteiger partial charge on any atom is -0.340 e. The molecule has 4 nitrogen and oxygen atoms in total. The second-order valence-corrected chi connectivity index (χ2v) is 9.85. The Morgan fingerprint density at radius 2 is 1.43 bits per heavy atom. The normalized spacial score (nSPS) is 10.9. The molecule has 2 heterocycles. The van der Waals surface area contributed by atoms with Crippen LogP contribution in [0.3, 0.4) is 0 Å². The Bertz CT molecular complexity index is 1420. The fourth-order valence-electron chi connectivity index (χ4n) is 4.10. The standard InChI is InChI=1S/C29H25N3OS2/c1-21-18-32(24-15-9-4-10-16-24)28-25(21)17-26(35-28)27(33)30-29(34)31(19-22-11-5-2-6-12-22)20-23-13-7-3-8-14-23/h2-18H,19-20H2,1H3,(H,30,33,34). The number of rotatable bonds is 6. The summed E-state index contributed by atoms with van der Waals surface area (Å²) in [5, 5.41) is 4.49. The number of para-hydroxylation sites is 1. The lowest BCUT2D eigenvalue weighted by Crippen LogP contribution is -2.41. The molecule has 0 fully saturated rings. The zero-order valence-electron chi connectivity index (χ0n) is 19.3. The van der Waals surface area contributed by atoms with Gasteiger partial charge in [-0.3, -0.25) is 10.1 Å². The van der Waals surface area contributed by atoms with E-state index in [0.717, 1.165) is 32.6 Å². The van der Waals surface area contributed by atoms with Gasteiger partial charge >= 0.3 is 0 Å². The van der Waals surface area contributed by atoms with E-state index in [1.54, 1.807) is 0 Å². The maximum atomic E-state index is 13.3. The van der Waals surface area contributed by atoms with E-state index < -0.39 is 0 Å². The first-order chi connectivity index (χ1) is 17.1. The molecule has 6 heteroatoms. The number of aryl methyl sites for hydroxylation is 1. The SMILES string of the molecule is Cc1cn(-c2ccccc2)c2sc(C(=O)NC(=S)N(Cc3ccccc3)Cc3ccccc3)cc12. The summed E-state index contributed by atoms with van der Waals surface area (Å²) in [7, 11) is 0. The average molecular weight is 496 g/mol. The van der Waals surface area contributed by atoms with Crippen molar-refractivity contribution in [2.45, 2.75) is 20.0 Å². The summed E-state index contributed by atoms with van der Waals surface area (Å²) >= 11 is 7.21. The largest absolute Gasteiger partial charge is 0.340 e. The summed E-state index contributed by atoms with van der Waals surface area (Å²) < 4.78 is 2.14.